The molecule has 0 aliphatic rings. The van der Waals surface area contributed by atoms with Crippen molar-refractivity contribution in [2.24, 2.45) is 11.7 Å². The zero-order valence-corrected chi connectivity index (χ0v) is 12.4. The van der Waals surface area contributed by atoms with E-state index in [1.165, 1.54) is 23.9 Å². The van der Waals surface area contributed by atoms with Gasteiger partial charge in [-0.2, -0.15) is 0 Å². The number of benzene rings is 1. The molecular formula is C14H18FN3OS. The summed E-state index contributed by atoms with van der Waals surface area (Å²) in [6.07, 6.45) is 0.802. The molecule has 2 N–H and O–H groups in total. The molecule has 0 aliphatic carbocycles. The van der Waals surface area contributed by atoms with Crippen LogP contribution in [0.3, 0.4) is 0 Å². The van der Waals surface area contributed by atoms with Crippen molar-refractivity contribution in [3.05, 3.63) is 41.5 Å². The fourth-order valence-corrected chi connectivity index (χ4v) is 2.52. The monoisotopic (exact) mass is 295 g/mol. The summed E-state index contributed by atoms with van der Waals surface area (Å²) in [5, 5.41) is 8.38. The standard InChI is InChI=1S/C14H18FN3OS/c1-9(2)6-12(16)13-17-18-14(19-13)20-8-10-4-3-5-11(15)7-10/h3-5,7,9,12H,6,8,16H2,1-2H3/t12-/m1/s1. The van der Waals surface area contributed by atoms with Gasteiger partial charge in [0.25, 0.3) is 5.22 Å². The largest absolute Gasteiger partial charge is 0.414 e. The summed E-state index contributed by atoms with van der Waals surface area (Å²) in [6, 6.07) is 6.23. The van der Waals surface area contributed by atoms with Gasteiger partial charge in [-0.3, -0.25) is 0 Å². The predicted molar refractivity (Wildman–Crippen MR) is 76.6 cm³/mol. The van der Waals surface area contributed by atoms with E-state index in [0.29, 0.717) is 22.8 Å². The van der Waals surface area contributed by atoms with Crippen LogP contribution in [0.2, 0.25) is 0 Å². The number of rotatable bonds is 6. The molecule has 108 valence electrons. The van der Waals surface area contributed by atoms with Gasteiger partial charge in [0.15, 0.2) is 0 Å². The maximum absolute atomic E-state index is 13.0. The minimum Gasteiger partial charge on any atom is -0.414 e. The first-order valence-corrected chi connectivity index (χ1v) is 7.49. The van der Waals surface area contributed by atoms with Crippen LogP contribution in [0.5, 0.6) is 0 Å². The lowest BCUT2D eigenvalue weighted by atomic mass is 10.1. The van der Waals surface area contributed by atoms with E-state index in [9.17, 15) is 4.39 Å². The minimum absolute atomic E-state index is 0.231. The van der Waals surface area contributed by atoms with Crippen LogP contribution in [0.4, 0.5) is 4.39 Å². The van der Waals surface area contributed by atoms with Crippen LogP contribution in [0.15, 0.2) is 33.9 Å². The van der Waals surface area contributed by atoms with E-state index in [1.54, 1.807) is 6.07 Å². The molecular weight excluding hydrogens is 277 g/mol. The van der Waals surface area contributed by atoms with E-state index in [0.717, 1.165) is 12.0 Å². The molecule has 0 saturated heterocycles. The lowest BCUT2D eigenvalue weighted by molar-refractivity contribution is 0.361. The highest BCUT2D eigenvalue weighted by atomic mass is 32.2. The Morgan fingerprint density at radius 2 is 2.15 bits per heavy atom. The zero-order valence-electron chi connectivity index (χ0n) is 11.5. The lowest BCUT2D eigenvalue weighted by Gasteiger charge is -2.08. The molecule has 1 aromatic heterocycles. The molecule has 0 radical (unpaired) electrons. The summed E-state index contributed by atoms with van der Waals surface area (Å²) < 4.78 is 18.6. The van der Waals surface area contributed by atoms with Gasteiger partial charge in [-0.05, 0) is 30.0 Å². The Labute approximate surface area is 122 Å². The Morgan fingerprint density at radius 3 is 2.85 bits per heavy atom. The number of halogens is 1. The molecule has 1 atom stereocenters. The Bertz CT molecular complexity index is 559. The molecule has 2 aromatic rings. The minimum atomic E-state index is -0.242. The Morgan fingerprint density at radius 1 is 1.35 bits per heavy atom. The summed E-state index contributed by atoms with van der Waals surface area (Å²) in [5.74, 6) is 1.27. The van der Waals surface area contributed by atoms with Gasteiger partial charge in [-0.1, -0.05) is 37.7 Å². The fraction of sp³-hybridized carbons (Fsp3) is 0.429. The Kier molecular flexibility index (Phi) is 5.14. The molecule has 0 amide bonds. The number of nitrogens with two attached hydrogens (primary N) is 1. The summed E-state index contributed by atoms with van der Waals surface area (Å²) in [4.78, 5) is 0. The smallest absolute Gasteiger partial charge is 0.276 e. The van der Waals surface area contributed by atoms with Crippen molar-refractivity contribution < 1.29 is 8.81 Å². The zero-order chi connectivity index (χ0) is 14.5. The van der Waals surface area contributed by atoms with Crippen LogP contribution in [-0.2, 0) is 5.75 Å². The molecule has 0 aliphatic heterocycles. The van der Waals surface area contributed by atoms with Crippen molar-refractivity contribution >= 4 is 11.8 Å². The maximum Gasteiger partial charge on any atom is 0.276 e. The third-order valence-electron chi connectivity index (χ3n) is 2.72. The molecule has 0 fully saturated rings. The molecule has 0 bridgehead atoms. The first kappa shape index (κ1) is 15.0. The summed E-state index contributed by atoms with van der Waals surface area (Å²) in [6.45, 7) is 4.19. The molecule has 0 saturated carbocycles. The van der Waals surface area contributed by atoms with Gasteiger partial charge in [0.2, 0.25) is 5.89 Å². The van der Waals surface area contributed by atoms with Crippen LogP contribution in [-0.4, -0.2) is 10.2 Å². The van der Waals surface area contributed by atoms with E-state index >= 15 is 0 Å². The summed E-state index contributed by atoms with van der Waals surface area (Å²) >= 11 is 1.38. The summed E-state index contributed by atoms with van der Waals surface area (Å²) in [5.41, 5.74) is 6.86. The molecule has 1 heterocycles. The topological polar surface area (TPSA) is 64.9 Å². The molecule has 1 aromatic carbocycles. The summed E-state index contributed by atoms with van der Waals surface area (Å²) in [7, 11) is 0. The van der Waals surface area contributed by atoms with E-state index in [1.807, 2.05) is 6.07 Å². The van der Waals surface area contributed by atoms with E-state index < -0.39 is 0 Å². The van der Waals surface area contributed by atoms with Crippen LogP contribution < -0.4 is 5.73 Å². The molecule has 6 heteroatoms. The second-order valence-electron chi connectivity index (χ2n) is 5.06. The highest BCUT2D eigenvalue weighted by molar-refractivity contribution is 7.98. The second-order valence-corrected chi connectivity index (χ2v) is 5.99. The van der Waals surface area contributed by atoms with Crippen LogP contribution in [0, 0.1) is 11.7 Å². The van der Waals surface area contributed by atoms with Gasteiger partial charge in [0.1, 0.15) is 5.82 Å². The second kappa shape index (κ2) is 6.85. The number of aromatic nitrogens is 2. The SMILES string of the molecule is CC(C)C[C@@H](N)c1nnc(SCc2cccc(F)c2)o1. The number of hydrogen-bond donors (Lipinski definition) is 1. The number of thioether (sulfide) groups is 1. The van der Waals surface area contributed by atoms with Gasteiger partial charge in [-0.25, -0.2) is 4.39 Å². The van der Waals surface area contributed by atoms with E-state index in [2.05, 4.69) is 24.0 Å². The van der Waals surface area contributed by atoms with Crippen molar-refractivity contribution in [1.82, 2.24) is 10.2 Å². The normalized spacial score (nSPS) is 12.8. The maximum atomic E-state index is 13.0. The van der Waals surface area contributed by atoms with Crippen molar-refractivity contribution in [3.63, 3.8) is 0 Å². The number of hydrogen-bond acceptors (Lipinski definition) is 5. The highest BCUT2D eigenvalue weighted by Gasteiger charge is 2.16. The first-order chi connectivity index (χ1) is 9.54. The van der Waals surface area contributed by atoms with Crippen molar-refractivity contribution in [1.29, 1.82) is 0 Å². The average Bonchev–Trinajstić information content (AvgIpc) is 2.84. The molecule has 4 nitrogen and oxygen atoms in total. The molecule has 2 rings (SSSR count). The van der Waals surface area contributed by atoms with Crippen molar-refractivity contribution in [2.45, 2.75) is 37.3 Å². The van der Waals surface area contributed by atoms with Gasteiger partial charge < -0.3 is 10.2 Å². The van der Waals surface area contributed by atoms with Gasteiger partial charge >= 0.3 is 0 Å². The van der Waals surface area contributed by atoms with Crippen molar-refractivity contribution in [2.75, 3.05) is 0 Å². The first-order valence-electron chi connectivity index (χ1n) is 6.51. The van der Waals surface area contributed by atoms with Crippen molar-refractivity contribution in [3.8, 4) is 0 Å². The molecule has 0 spiro atoms. The molecule has 0 unspecified atom stereocenters. The van der Waals surface area contributed by atoms with Gasteiger partial charge in [0.05, 0.1) is 6.04 Å². The Balaban J connectivity index is 1.93. The Hall–Kier alpha value is -1.40. The highest BCUT2D eigenvalue weighted by Crippen LogP contribution is 2.25. The van der Waals surface area contributed by atoms with Crippen LogP contribution in [0.1, 0.15) is 37.8 Å². The van der Waals surface area contributed by atoms with Gasteiger partial charge in [-0.15, -0.1) is 10.2 Å². The van der Waals surface area contributed by atoms with Crippen LogP contribution >= 0.6 is 11.8 Å². The number of nitrogens with zero attached hydrogens (tertiary/aromatic N) is 2. The predicted octanol–water partition coefficient (Wildman–Crippen LogP) is 3.55. The quantitative estimate of drug-likeness (QED) is 0.826. The van der Waals surface area contributed by atoms with E-state index in [4.69, 9.17) is 10.2 Å². The third-order valence-corrected chi connectivity index (χ3v) is 3.61. The van der Waals surface area contributed by atoms with Gasteiger partial charge in [0, 0.05) is 5.75 Å². The fourth-order valence-electron chi connectivity index (χ4n) is 1.81. The third kappa shape index (κ3) is 4.31. The lowest BCUT2D eigenvalue weighted by Crippen LogP contribution is -2.13. The molecule has 20 heavy (non-hydrogen) atoms. The average molecular weight is 295 g/mol. The van der Waals surface area contributed by atoms with E-state index in [-0.39, 0.29) is 11.9 Å². The van der Waals surface area contributed by atoms with Crippen LogP contribution in [0.25, 0.3) is 0 Å².